The van der Waals surface area contributed by atoms with Crippen LogP contribution in [0.1, 0.15) is 74.7 Å². The van der Waals surface area contributed by atoms with Crippen LogP contribution < -0.4 is 0 Å². The second kappa shape index (κ2) is 11.0. The summed E-state index contributed by atoms with van der Waals surface area (Å²) in [5.41, 5.74) is 0. The minimum atomic E-state index is -2.01. The van der Waals surface area contributed by atoms with Crippen molar-refractivity contribution >= 4 is 14.6 Å². The zero-order valence-electron chi connectivity index (χ0n) is 21.4. The fraction of sp³-hybridized carbons (Fsp3) is 0.958. The zero-order chi connectivity index (χ0) is 23.3. The Morgan fingerprint density at radius 2 is 1.83 bits per heavy atom. The molecule has 0 spiro atoms. The fourth-order valence-corrected chi connectivity index (χ4v) is 5.57. The van der Waals surface area contributed by atoms with Gasteiger partial charge in [-0.2, -0.15) is 0 Å². The van der Waals surface area contributed by atoms with Gasteiger partial charge in [0.1, 0.15) is 6.29 Å². The van der Waals surface area contributed by atoms with Crippen LogP contribution in [0.15, 0.2) is 0 Å². The summed E-state index contributed by atoms with van der Waals surface area (Å²) in [5.74, 6) is 0.0596. The molecule has 0 saturated carbocycles. The van der Waals surface area contributed by atoms with Crippen LogP contribution in [0.4, 0.5) is 0 Å². The first-order valence-corrected chi connectivity index (χ1v) is 14.6. The minimum Gasteiger partial charge on any atom is -0.413 e. The van der Waals surface area contributed by atoms with Crippen LogP contribution in [-0.4, -0.2) is 52.4 Å². The maximum absolute atomic E-state index is 11.1. The first-order valence-electron chi connectivity index (χ1n) is 11.6. The summed E-state index contributed by atoms with van der Waals surface area (Å²) in [6, 6.07) is 0. The van der Waals surface area contributed by atoms with E-state index in [2.05, 4.69) is 54.6 Å². The standard InChI is InChI=1S/C24H48O5Si/c1-12-19-16-27-24(7,8)28-21(19)15-20(29-30(10,11)23(4,5)6)18(3)22(26-9)17(2)13-14-25/h14,17-22H,12-13,15-16H2,1-11H3/t17-,18-,19+,20+,21+,22+/m0/s1. The number of aldehydes is 1. The molecular formula is C24H48O5Si. The summed E-state index contributed by atoms with van der Waals surface area (Å²) in [6.45, 7) is 22.6. The van der Waals surface area contributed by atoms with Gasteiger partial charge in [-0.05, 0) is 50.7 Å². The molecule has 0 amide bonds. The number of hydrogen-bond donors (Lipinski definition) is 0. The lowest BCUT2D eigenvalue weighted by Gasteiger charge is -2.46. The van der Waals surface area contributed by atoms with Crippen molar-refractivity contribution < 1.29 is 23.4 Å². The lowest BCUT2D eigenvalue weighted by molar-refractivity contribution is -0.297. The third kappa shape index (κ3) is 7.40. The highest BCUT2D eigenvalue weighted by atomic mass is 28.4. The number of ether oxygens (including phenoxy) is 3. The lowest BCUT2D eigenvalue weighted by atomic mass is 9.83. The highest BCUT2D eigenvalue weighted by Crippen LogP contribution is 2.41. The van der Waals surface area contributed by atoms with Gasteiger partial charge in [0.25, 0.3) is 0 Å². The van der Waals surface area contributed by atoms with Crippen LogP contribution in [0, 0.1) is 17.8 Å². The summed E-state index contributed by atoms with van der Waals surface area (Å²) in [6.07, 6.45) is 3.34. The van der Waals surface area contributed by atoms with Crippen molar-refractivity contribution in [3.05, 3.63) is 0 Å². The van der Waals surface area contributed by atoms with Crippen molar-refractivity contribution in [1.29, 1.82) is 0 Å². The summed E-state index contributed by atoms with van der Waals surface area (Å²) in [5, 5.41) is 0.113. The fourth-order valence-electron chi connectivity index (χ4n) is 4.15. The molecule has 1 heterocycles. The van der Waals surface area contributed by atoms with Crippen molar-refractivity contribution in [1.82, 2.24) is 0 Å². The van der Waals surface area contributed by atoms with Crippen molar-refractivity contribution in [3.8, 4) is 0 Å². The van der Waals surface area contributed by atoms with Crippen LogP contribution in [0.3, 0.4) is 0 Å². The molecule has 6 atom stereocenters. The van der Waals surface area contributed by atoms with E-state index in [-0.39, 0.29) is 35.2 Å². The average molecular weight is 445 g/mol. The van der Waals surface area contributed by atoms with E-state index in [1.165, 1.54) is 0 Å². The molecule has 1 fully saturated rings. The van der Waals surface area contributed by atoms with Gasteiger partial charge in [-0.3, -0.25) is 0 Å². The van der Waals surface area contributed by atoms with E-state index in [1.807, 2.05) is 13.8 Å². The maximum atomic E-state index is 11.1. The molecule has 1 saturated heterocycles. The van der Waals surface area contributed by atoms with Gasteiger partial charge in [0.2, 0.25) is 0 Å². The molecule has 0 aromatic heterocycles. The Bertz CT molecular complexity index is 528. The first-order chi connectivity index (χ1) is 13.7. The molecule has 1 aliphatic rings. The Kier molecular flexibility index (Phi) is 10.2. The van der Waals surface area contributed by atoms with E-state index in [4.69, 9.17) is 18.6 Å². The average Bonchev–Trinajstić information content (AvgIpc) is 2.60. The summed E-state index contributed by atoms with van der Waals surface area (Å²) in [7, 11) is -0.262. The van der Waals surface area contributed by atoms with Crippen molar-refractivity contribution in [2.45, 2.75) is 117 Å². The van der Waals surface area contributed by atoms with Gasteiger partial charge in [-0.15, -0.1) is 0 Å². The molecule has 0 radical (unpaired) electrons. The normalized spacial score (nSPS) is 26.6. The highest BCUT2D eigenvalue weighted by molar-refractivity contribution is 6.74. The van der Waals surface area contributed by atoms with Crippen molar-refractivity contribution in [2.24, 2.45) is 17.8 Å². The van der Waals surface area contributed by atoms with Gasteiger partial charge in [-0.1, -0.05) is 41.5 Å². The van der Waals surface area contributed by atoms with Crippen molar-refractivity contribution in [3.63, 3.8) is 0 Å². The van der Waals surface area contributed by atoms with E-state index in [0.29, 0.717) is 18.9 Å². The number of rotatable bonds is 11. The summed E-state index contributed by atoms with van der Waals surface area (Å²) < 4.78 is 25.2. The van der Waals surface area contributed by atoms with Crippen LogP contribution in [-0.2, 0) is 23.4 Å². The Balaban J connectivity index is 3.20. The van der Waals surface area contributed by atoms with Gasteiger partial charge in [0, 0.05) is 25.4 Å². The molecule has 30 heavy (non-hydrogen) atoms. The van der Waals surface area contributed by atoms with Gasteiger partial charge in [0.15, 0.2) is 14.1 Å². The Labute approximate surface area is 186 Å². The molecule has 0 aliphatic carbocycles. The Morgan fingerprint density at radius 1 is 1.23 bits per heavy atom. The number of methoxy groups -OCH3 is 1. The predicted octanol–water partition coefficient (Wildman–Crippen LogP) is 5.82. The van der Waals surface area contributed by atoms with E-state index in [9.17, 15) is 4.79 Å². The topological polar surface area (TPSA) is 54.0 Å². The molecule has 178 valence electrons. The van der Waals surface area contributed by atoms with E-state index in [1.54, 1.807) is 7.11 Å². The Hall–Kier alpha value is -0.273. The molecule has 0 aromatic carbocycles. The van der Waals surface area contributed by atoms with E-state index >= 15 is 0 Å². The number of carbonyl (C=O) groups is 1. The van der Waals surface area contributed by atoms with Gasteiger partial charge in [0.05, 0.1) is 24.9 Å². The van der Waals surface area contributed by atoms with Gasteiger partial charge in [-0.25, -0.2) is 0 Å². The molecular weight excluding hydrogens is 396 g/mol. The summed E-state index contributed by atoms with van der Waals surface area (Å²) >= 11 is 0. The maximum Gasteiger partial charge on any atom is 0.192 e. The summed E-state index contributed by atoms with van der Waals surface area (Å²) in [4.78, 5) is 11.1. The molecule has 1 rings (SSSR count). The van der Waals surface area contributed by atoms with Gasteiger partial charge < -0.3 is 23.4 Å². The molecule has 6 heteroatoms. The number of carbonyl (C=O) groups excluding carboxylic acids is 1. The minimum absolute atomic E-state index is 0.00195. The molecule has 5 nitrogen and oxygen atoms in total. The SMILES string of the molecule is CC[C@@H]1COC(C)(C)O[C@@H]1C[C@@H](O[Si](C)(C)C(C)(C)C)[C@H](C)[C@H](OC)[C@@H](C)CC=O. The largest absolute Gasteiger partial charge is 0.413 e. The third-order valence-corrected chi connectivity index (χ3v) is 11.8. The van der Waals surface area contributed by atoms with Crippen LogP contribution in [0.25, 0.3) is 0 Å². The predicted molar refractivity (Wildman–Crippen MR) is 125 cm³/mol. The third-order valence-electron chi connectivity index (χ3n) is 7.25. The molecule has 0 unspecified atom stereocenters. The monoisotopic (exact) mass is 444 g/mol. The van der Waals surface area contributed by atoms with Crippen LogP contribution >= 0.6 is 0 Å². The lowest BCUT2D eigenvalue weighted by Crippen LogP contribution is -2.52. The molecule has 0 N–H and O–H groups in total. The molecule has 0 aromatic rings. The van der Waals surface area contributed by atoms with Crippen LogP contribution in [0.2, 0.25) is 18.1 Å². The Morgan fingerprint density at radius 3 is 2.30 bits per heavy atom. The van der Waals surface area contributed by atoms with Crippen molar-refractivity contribution in [2.75, 3.05) is 13.7 Å². The quantitative estimate of drug-likeness (QED) is 0.297. The highest BCUT2D eigenvalue weighted by Gasteiger charge is 2.44. The molecule has 0 bridgehead atoms. The zero-order valence-corrected chi connectivity index (χ0v) is 22.4. The second-order valence-electron chi connectivity index (χ2n) is 11.1. The number of hydrogen-bond acceptors (Lipinski definition) is 5. The second-order valence-corrected chi connectivity index (χ2v) is 15.9. The first kappa shape index (κ1) is 27.8. The van der Waals surface area contributed by atoms with E-state index < -0.39 is 14.1 Å². The van der Waals surface area contributed by atoms with Gasteiger partial charge >= 0.3 is 0 Å². The molecule has 1 aliphatic heterocycles. The van der Waals surface area contributed by atoms with E-state index in [0.717, 1.165) is 19.1 Å². The smallest absolute Gasteiger partial charge is 0.192 e. The van der Waals surface area contributed by atoms with Crippen LogP contribution in [0.5, 0.6) is 0 Å².